The van der Waals surface area contributed by atoms with Crippen molar-refractivity contribution in [2.24, 2.45) is 11.8 Å². The van der Waals surface area contributed by atoms with E-state index in [9.17, 15) is 19.2 Å². The molecule has 0 rings (SSSR count). The van der Waals surface area contributed by atoms with Crippen molar-refractivity contribution in [2.45, 2.75) is 78.0 Å². The molecule has 168 valence electrons. The second-order valence-corrected chi connectivity index (χ2v) is 7.75. The van der Waals surface area contributed by atoms with Gasteiger partial charge in [0, 0.05) is 0 Å². The number of hydrogen-bond acceptors (Lipinski definition) is 6. The summed E-state index contributed by atoms with van der Waals surface area (Å²) in [6.45, 7) is 8.19. The average Bonchev–Trinajstić information content (AvgIpc) is 2.59. The van der Waals surface area contributed by atoms with E-state index < -0.39 is 30.3 Å². The number of amides is 3. The normalized spacial score (nSPS) is 14.3. The number of carbonyl (C=O) groups excluding carboxylic acids is 2. The van der Waals surface area contributed by atoms with Gasteiger partial charge in [0.05, 0.1) is 18.2 Å². The van der Waals surface area contributed by atoms with Crippen LogP contribution in [0.2, 0.25) is 0 Å². The van der Waals surface area contributed by atoms with Crippen molar-refractivity contribution in [3.63, 3.8) is 0 Å². The first-order chi connectivity index (χ1) is 13.6. The van der Waals surface area contributed by atoms with Crippen molar-refractivity contribution in [3.05, 3.63) is 0 Å². The van der Waals surface area contributed by atoms with Crippen molar-refractivity contribution in [1.29, 1.82) is 0 Å². The topological polar surface area (TPSA) is 157 Å². The molecule has 2 unspecified atom stereocenters. The molecule has 0 aromatic rings. The van der Waals surface area contributed by atoms with Crippen LogP contribution in [0.5, 0.6) is 0 Å². The van der Waals surface area contributed by atoms with Gasteiger partial charge in [0.1, 0.15) is 6.29 Å². The van der Waals surface area contributed by atoms with Crippen LogP contribution in [-0.4, -0.2) is 59.4 Å². The smallest absolute Gasteiger partial charge is 0.411 e. The van der Waals surface area contributed by atoms with Gasteiger partial charge in [-0.2, -0.15) is 0 Å². The number of nitrogens with one attached hydrogen (secondary N) is 4. The first-order valence-electron chi connectivity index (χ1n) is 10.1. The van der Waals surface area contributed by atoms with E-state index in [1.165, 1.54) is 0 Å². The lowest BCUT2D eigenvalue weighted by Crippen LogP contribution is -2.56. The molecule has 0 aromatic carbocycles. The second-order valence-electron chi connectivity index (χ2n) is 7.75. The largest absolute Gasteiger partial charge is 0.465 e. The number of carboxylic acid groups (broad SMARTS) is 2. The fourth-order valence-electron chi connectivity index (χ4n) is 2.85. The van der Waals surface area contributed by atoms with E-state index in [0.29, 0.717) is 6.42 Å². The summed E-state index contributed by atoms with van der Waals surface area (Å²) in [5.74, 6) is -0.704. The lowest BCUT2D eigenvalue weighted by atomic mass is 10.0. The van der Waals surface area contributed by atoms with Gasteiger partial charge in [-0.1, -0.05) is 47.0 Å². The molecule has 0 fully saturated rings. The molecule has 0 radical (unpaired) electrons. The summed E-state index contributed by atoms with van der Waals surface area (Å²) in [5, 5.41) is 28.0. The second kappa shape index (κ2) is 14.7. The van der Waals surface area contributed by atoms with Crippen LogP contribution in [0.1, 0.15) is 59.8 Å². The van der Waals surface area contributed by atoms with E-state index >= 15 is 0 Å². The molecule has 0 heterocycles. The molecular weight excluding hydrogens is 380 g/mol. The molecule has 0 aliphatic rings. The Morgan fingerprint density at radius 1 is 0.897 bits per heavy atom. The van der Waals surface area contributed by atoms with Crippen LogP contribution < -0.4 is 21.3 Å². The number of hydrogen-bond donors (Lipinski definition) is 6. The zero-order valence-electron chi connectivity index (χ0n) is 17.7. The summed E-state index contributed by atoms with van der Waals surface area (Å²) in [6.07, 6.45) is 1.46. The van der Waals surface area contributed by atoms with Gasteiger partial charge in [-0.05, 0) is 31.2 Å². The average molecular weight is 417 g/mol. The third kappa shape index (κ3) is 12.8. The van der Waals surface area contributed by atoms with E-state index in [4.69, 9.17) is 10.2 Å². The molecule has 3 amide bonds. The molecule has 0 saturated heterocycles. The maximum atomic E-state index is 12.0. The van der Waals surface area contributed by atoms with Crippen molar-refractivity contribution in [2.75, 3.05) is 6.54 Å². The van der Waals surface area contributed by atoms with Gasteiger partial charge in [-0.3, -0.25) is 15.4 Å². The van der Waals surface area contributed by atoms with Gasteiger partial charge in [-0.25, -0.2) is 9.59 Å². The molecule has 6 N–H and O–H groups in total. The molecule has 0 bridgehead atoms. The van der Waals surface area contributed by atoms with E-state index in [0.717, 1.165) is 38.5 Å². The molecule has 29 heavy (non-hydrogen) atoms. The highest BCUT2D eigenvalue weighted by Gasteiger charge is 2.27. The summed E-state index contributed by atoms with van der Waals surface area (Å²) in [6, 6.07) is -0.989. The molecule has 0 saturated carbocycles. The standard InChI is InChI=1S/C19H36N4O6/c1-12(2)14(11-24)20-10-8-6-5-7-9-15(22-18(26)27)21-16(13(3)4)17(25)23-19(28)29/h11-16,20-22H,5-10H2,1-4H3,(H,23,25)(H,26,27)(H,28,29)/t14?,15?,16-/m0/s1. The van der Waals surface area contributed by atoms with Crippen molar-refractivity contribution in [3.8, 4) is 0 Å². The zero-order valence-corrected chi connectivity index (χ0v) is 17.7. The maximum Gasteiger partial charge on any atom is 0.411 e. The summed E-state index contributed by atoms with van der Waals surface area (Å²) in [5.41, 5.74) is 0. The van der Waals surface area contributed by atoms with Crippen LogP contribution >= 0.6 is 0 Å². The van der Waals surface area contributed by atoms with Crippen LogP contribution in [0.3, 0.4) is 0 Å². The van der Waals surface area contributed by atoms with E-state index in [2.05, 4.69) is 16.0 Å². The van der Waals surface area contributed by atoms with Crippen LogP contribution in [0.15, 0.2) is 0 Å². The summed E-state index contributed by atoms with van der Waals surface area (Å²) in [7, 11) is 0. The highest BCUT2D eigenvalue weighted by atomic mass is 16.4. The number of aldehydes is 1. The van der Waals surface area contributed by atoms with E-state index in [1.54, 1.807) is 19.2 Å². The van der Waals surface area contributed by atoms with Crippen molar-refractivity contribution in [1.82, 2.24) is 21.3 Å². The third-order valence-corrected chi connectivity index (χ3v) is 4.52. The minimum atomic E-state index is -1.45. The molecule has 10 heteroatoms. The Bertz CT molecular complexity index is 527. The first-order valence-corrected chi connectivity index (χ1v) is 10.1. The van der Waals surface area contributed by atoms with Crippen LogP contribution in [-0.2, 0) is 9.59 Å². The third-order valence-electron chi connectivity index (χ3n) is 4.52. The Balaban J connectivity index is 4.43. The van der Waals surface area contributed by atoms with Crippen LogP contribution in [0.25, 0.3) is 0 Å². The minimum Gasteiger partial charge on any atom is -0.465 e. The van der Waals surface area contributed by atoms with E-state index in [1.807, 2.05) is 13.8 Å². The number of carbonyl (C=O) groups is 4. The Morgan fingerprint density at radius 3 is 2.00 bits per heavy atom. The zero-order chi connectivity index (χ0) is 22.4. The van der Waals surface area contributed by atoms with Crippen molar-refractivity contribution < 1.29 is 29.4 Å². The predicted octanol–water partition coefficient (Wildman–Crippen LogP) is 1.75. The van der Waals surface area contributed by atoms with Crippen molar-refractivity contribution >= 4 is 24.4 Å². The molecule has 0 spiro atoms. The SMILES string of the molecule is CC(C)C(C=O)NCCCCCCC(NC(=O)O)N[C@H](C(=O)NC(=O)O)C(C)C. The minimum absolute atomic E-state index is 0.145. The van der Waals surface area contributed by atoms with E-state index in [-0.39, 0.29) is 17.9 Å². The van der Waals surface area contributed by atoms with Gasteiger partial charge in [0.15, 0.2) is 0 Å². The summed E-state index contributed by atoms with van der Waals surface area (Å²) < 4.78 is 0. The Hall–Kier alpha value is -2.20. The quantitative estimate of drug-likeness (QED) is 0.134. The first kappa shape index (κ1) is 26.8. The number of rotatable bonds is 15. The van der Waals surface area contributed by atoms with Crippen LogP contribution in [0.4, 0.5) is 9.59 Å². The summed E-state index contributed by atoms with van der Waals surface area (Å²) >= 11 is 0. The molecule has 0 aliphatic heterocycles. The lowest BCUT2D eigenvalue weighted by molar-refractivity contribution is -0.123. The number of imide groups is 1. The molecule has 10 nitrogen and oxygen atoms in total. The number of unbranched alkanes of at least 4 members (excludes halogenated alkanes) is 3. The lowest BCUT2D eigenvalue weighted by Gasteiger charge is -2.27. The van der Waals surface area contributed by atoms with Gasteiger partial charge in [0.25, 0.3) is 0 Å². The maximum absolute atomic E-state index is 12.0. The highest BCUT2D eigenvalue weighted by Crippen LogP contribution is 2.09. The Kier molecular flexibility index (Phi) is 13.6. The van der Waals surface area contributed by atoms with Gasteiger partial charge in [-0.15, -0.1) is 0 Å². The fourth-order valence-corrected chi connectivity index (χ4v) is 2.85. The van der Waals surface area contributed by atoms with Gasteiger partial charge >= 0.3 is 12.2 Å². The molecule has 0 aromatic heterocycles. The molecule has 3 atom stereocenters. The fraction of sp³-hybridized carbons (Fsp3) is 0.789. The van der Waals surface area contributed by atoms with Gasteiger partial charge < -0.3 is 25.6 Å². The molecule has 0 aliphatic carbocycles. The monoisotopic (exact) mass is 416 g/mol. The predicted molar refractivity (Wildman–Crippen MR) is 109 cm³/mol. The Morgan fingerprint density at radius 2 is 1.52 bits per heavy atom. The summed E-state index contributed by atoms with van der Waals surface area (Å²) in [4.78, 5) is 44.7. The highest BCUT2D eigenvalue weighted by molar-refractivity contribution is 5.94. The molecular formula is C19H36N4O6. The Labute approximate surface area is 172 Å². The van der Waals surface area contributed by atoms with Gasteiger partial charge in [0.2, 0.25) is 5.91 Å². The van der Waals surface area contributed by atoms with Crippen LogP contribution in [0, 0.1) is 11.8 Å².